The fraction of sp³-hybridized carbons (Fsp3) is 0.818. The molecular formula is C11H21N3O3. The van der Waals surface area contributed by atoms with Crippen LogP contribution in [0.5, 0.6) is 0 Å². The molecule has 17 heavy (non-hydrogen) atoms. The Balaban J connectivity index is 2.21. The summed E-state index contributed by atoms with van der Waals surface area (Å²) in [5, 5.41) is 13.6. The number of nitrogens with one attached hydrogen (secondary N) is 2. The van der Waals surface area contributed by atoms with Crippen molar-refractivity contribution in [1.29, 1.82) is 0 Å². The third-order valence-electron chi connectivity index (χ3n) is 2.86. The number of imide groups is 1. The Morgan fingerprint density at radius 1 is 1.47 bits per heavy atom. The SMILES string of the molecule is CCNC(=O)NC(=O)CN1CCC(CCO)C1. The number of hydrogen-bond acceptors (Lipinski definition) is 4. The molecule has 1 aliphatic rings. The van der Waals surface area contributed by atoms with E-state index < -0.39 is 6.03 Å². The van der Waals surface area contributed by atoms with Gasteiger partial charge in [-0.3, -0.25) is 15.0 Å². The van der Waals surface area contributed by atoms with Gasteiger partial charge in [-0.25, -0.2) is 4.79 Å². The van der Waals surface area contributed by atoms with Crippen molar-refractivity contribution < 1.29 is 14.7 Å². The van der Waals surface area contributed by atoms with Crippen LogP contribution >= 0.6 is 0 Å². The van der Waals surface area contributed by atoms with Crippen LogP contribution in [0.3, 0.4) is 0 Å². The number of carbonyl (C=O) groups excluding carboxylic acids is 2. The van der Waals surface area contributed by atoms with Crippen molar-refractivity contribution in [1.82, 2.24) is 15.5 Å². The van der Waals surface area contributed by atoms with Crippen molar-refractivity contribution in [2.75, 3.05) is 32.8 Å². The van der Waals surface area contributed by atoms with Crippen LogP contribution in [0, 0.1) is 5.92 Å². The van der Waals surface area contributed by atoms with E-state index in [9.17, 15) is 9.59 Å². The van der Waals surface area contributed by atoms with Gasteiger partial charge in [-0.15, -0.1) is 0 Å². The molecule has 0 saturated carbocycles. The van der Waals surface area contributed by atoms with Crippen LogP contribution in [-0.4, -0.2) is 54.7 Å². The van der Waals surface area contributed by atoms with E-state index >= 15 is 0 Å². The number of likely N-dealkylation sites (tertiary alicyclic amines) is 1. The molecule has 1 heterocycles. The maximum atomic E-state index is 11.5. The molecule has 1 saturated heterocycles. The van der Waals surface area contributed by atoms with Crippen LogP contribution < -0.4 is 10.6 Å². The summed E-state index contributed by atoms with van der Waals surface area (Å²) in [7, 11) is 0. The van der Waals surface area contributed by atoms with Crippen LogP contribution in [0.2, 0.25) is 0 Å². The molecule has 0 aliphatic carbocycles. The number of aliphatic hydroxyl groups excluding tert-OH is 1. The van der Waals surface area contributed by atoms with Crippen molar-refractivity contribution in [3.63, 3.8) is 0 Å². The molecule has 1 fully saturated rings. The Bertz CT molecular complexity index is 271. The van der Waals surface area contributed by atoms with Crippen LogP contribution in [0.15, 0.2) is 0 Å². The second-order valence-electron chi connectivity index (χ2n) is 4.31. The zero-order chi connectivity index (χ0) is 12.7. The molecule has 98 valence electrons. The number of carbonyl (C=O) groups is 2. The van der Waals surface area contributed by atoms with E-state index in [0.29, 0.717) is 12.5 Å². The standard InChI is InChI=1S/C11H21N3O3/c1-2-12-11(17)13-10(16)8-14-5-3-9(7-14)4-6-15/h9,15H,2-8H2,1H3,(H2,12,13,16,17). The molecule has 1 unspecified atom stereocenters. The fourth-order valence-corrected chi connectivity index (χ4v) is 2.05. The van der Waals surface area contributed by atoms with Crippen molar-refractivity contribution in [3.8, 4) is 0 Å². The van der Waals surface area contributed by atoms with Crippen LogP contribution in [0.25, 0.3) is 0 Å². The summed E-state index contributed by atoms with van der Waals surface area (Å²) in [5.41, 5.74) is 0. The minimum atomic E-state index is -0.441. The number of hydrogen-bond donors (Lipinski definition) is 3. The first kappa shape index (κ1) is 13.9. The summed E-state index contributed by atoms with van der Waals surface area (Å²) in [6, 6.07) is -0.441. The largest absolute Gasteiger partial charge is 0.396 e. The molecule has 6 heteroatoms. The van der Waals surface area contributed by atoms with E-state index in [0.717, 1.165) is 25.9 Å². The second-order valence-corrected chi connectivity index (χ2v) is 4.31. The first-order valence-corrected chi connectivity index (χ1v) is 6.06. The summed E-state index contributed by atoms with van der Waals surface area (Å²) in [5.74, 6) is 0.192. The summed E-state index contributed by atoms with van der Waals surface area (Å²) >= 11 is 0. The lowest BCUT2D eigenvalue weighted by Gasteiger charge is -2.15. The van der Waals surface area contributed by atoms with E-state index in [1.54, 1.807) is 6.92 Å². The third kappa shape index (κ3) is 5.14. The molecular weight excluding hydrogens is 222 g/mol. The van der Waals surface area contributed by atoms with Gasteiger partial charge >= 0.3 is 6.03 Å². The maximum absolute atomic E-state index is 11.5. The quantitative estimate of drug-likeness (QED) is 0.610. The maximum Gasteiger partial charge on any atom is 0.321 e. The lowest BCUT2D eigenvalue weighted by molar-refractivity contribution is -0.120. The highest BCUT2D eigenvalue weighted by molar-refractivity contribution is 5.95. The van der Waals surface area contributed by atoms with Crippen molar-refractivity contribution in [3.05, 3.63) is 0 Å². The topological polar surface area (TPSA) is 81.7 Å². The van der Waals surface area contributed by atoms with E-state index in [1.165, 1.54) is 0 Å². The van der Waals surface area contributed by atoms with Gasteiger partial charge in [0.15, 0.2) is 0 Å². The number of rotatable bonds is 5. The molecule has 3 amide bonds. The smallest absolute Gasteiger partial charge is 0.321 e. The second kappa shape index (κ2) is 7.24. The van der Waals surface area contributed by atoms with E-state index in [-0.39, 0.29) is 19.1 Å². The van der Waals surface area contributed by atoms with Gasteiger partial charge in [0.25, 0.3) is 0 Å². The van der Waals surface area contributed by atoms with Crippen molar-refractivity contribution in [2.24, 2.45) is 5.92 Å². The predicted octanol–water partition coefficient (Wildman–Crippen LogP) is -0.464. The Hall–Kier alpha value is -1.14. The van der Waals surface area contributed by atoms with Crippen molar-refractivity contribution >= 4 is 11.9 Å². The lowest BCUT2D eigenvalue weighted by Crippen LogP contribution is -2.44. The normalized spacial score (nSPS) is 20.2. The van der Waals surface area contributed by atoms with Gasteiger partial charge in [0.1, 0.15) is 0 Å². The van der Waals surface area contributed by atoms with Gasteiger partial charge < -0.3 is 10.4 Å². The van der Waals surface area contributed by atoms with Gasteiger partial charge in [0.2, 0.25) is 5.91 Å². The van der Waals surface area contributed by atoms with E-state index in [4.69, 9.17) is 5.11 Å². The number of urea groups is 1. The summed E-state index contributed by atoms with van der Waals surface area (Å²) in [6.07, 6.45) is 1.80. The molecule has 0 aromatic carbocycles. The van der Waals surface area contributed by atoms with E-state index in [1.807, 2.05) is 4.90 Å². The van der Waals surface area contributed by atoms with Crippen molar-refractivity contribution in [2.45, 2.75) is 19.8 Å². The number of nitrogens with zero attached hydrogens (tertiary/aromatic N) is 1. The first-order valence-electron chi connectivity index (χ1n) is 6.06. The minimum absolute atomic E-state index is 0.198. The molecule has 0 aromatic rings. The Kier molecular flexibility index (Phi) is 5.93. The molecule has 1 rings (SSSR count). The molecule has 0 spiro atoms. The average molecular weight is 243 g/mol. The molecule has 0 bridgehead atoms. The third-order valence-corrected chi connectivity index (χ3v) is 2.86. The Labute approximate surface area is 101 Å². The van der Waals surface area contributed by atoms with Crippen LogP contribution in [-0.2, 0) is 4.79 Å². The minimum Gasteiger partial charge on any atom is -0.396 e. The highest BCUT2D eigenvalue weighted by atomic mass is 16.3. The van der Waals surface area contributed by atoms with Gasteiger partial charge in [-0.05, 0) is 32.2 Å². The van der Waals surface area contributed by atoms with Gasteiger partial charge in [0.05, 0.1) is 6.54 Å². The Morgan fingerprint density at radius 2 is 2.24 bits per heavy atom. The first-order chi connectivity index (χ1) is 8.15. The van der Waals surface area contributed by atoms with Gasteiger partial charge in [-0.2, -0.15) is 0 Å². The molecule has 6 nitrogen and oxygen atoms in total. The number of aliphatic hydroxyl groups is 1. The fourth-order valence-electron chi connectivity index (χ4n) is 2.05. The summed E-state index contributed by atoms with van der Waals surface area (Å²) < 4.78 is 0. The molecule has 1 atom stereocenters. The molecule has 0 aromatic heterocycles. The number of amides is 3. The molecule has 3 N–H and O–H groups in total. The molecule has 1 aliphatic heterocycles. The zero-order valence-electron chi connectivity index (χ0n) is 10.2. The monoisotopic (exact) mass is 243 g/mol. The predicted molar refractivity (Wildman–Crippen MR) is 63.5 cm³/mol. The highest BCUT2D eigenvalue weighted by Gasteiger charge is 2.23. The van der Waals surface area contributed by atoms with Crippen LogP contribution in [0.1, 0.15) is 19.8 Å². The van der Waals surface area contributed by atoms with Gasteiger partial charge in [0, 0.05) is 19.7 Å². The highest BCUT2D eigenvalue weighted by Crippen LogP contribution is 2.18. The zero-order valence-corrected chi connectivity index (χ0v) is 10.2. The summed E-state index contributed by atoms with van der Waals surface area (Å²) in [6.45, 7) is 4.42. The van der Waals surface area contributed by atoms with Gasteiger partial charge in [-0.1, -0.05) is 0 Å². The molecule has 0 radical (unpaired) electrons. The average Bonchev–Trinajstić information content (AvgIpc) is 2.66. The lowest BCUT2D eigenvalue weighted by atomic mass is 10.1. The Morgan fingerprint density at radius 3 is 2.88 bits per heavy atom. The summed E-state index contributed by atoms with van der Waals surface area (Å²) in [4.78, 5) is 24.6. The van der Waals surface area contributed by atoms with Crippen LogP contribution in [0.4, 0.5) is 4.79 Å². The van der Waals surface area contributed by atoms with E-state index in [2.05, 4.69) is 10.6 Å².